The molecule has 0 spiro atoms. The maximum absolute atomic E-state index is 12.5. The molecule has 5 nitrogen and oxygen atoms in total. The van der Waals surface area contributed by atoms with E-state index in [1.807, 2.05) is 4.90 Å². The maximum atomic E-state index is 12.5. The summed E-state index contributed by atoms with van der Waals surface area (Å²) in [6.45, 7) is 4.75. The number of rotatable bonds is 2. The van der Waals surface area contributed by atoms with Crippen molar-refractivity contribution < 1.29 is 22.7 Å². The molecular weight excluding hydrogens is 347 g/mol. The van der Waals surface area contributed by atoms with E-state index in [2.05, 4.69) is 13.8 Å². The second kappa shape index (κ2) is 8.33. The first-order valence-electron chi connectivity index (χ1n) is 8.66. The molecule has 3 rings (SSSR count). The number of alkyl halides is 3. The molecule has 26 heavy (non-hydrogen) atoms. The predicted octanol–water partition coefficient (Wildman–Crippen LogP) is 3.91. The molecule has 1 aromatic rings. The van der Waals surface area contributed by atoms with Gasteiger partial charge in [0.25, 0.3) is 0 Å². The number of anilines is 2. The lowest BCUT2D eigenvalue weighted by Gasteiger charge is -2.39. The smallest absolute Gasteiger partial charge is 0.471 e. The van der Waals surface area contributed by atoms with Gasteiger partial charge in [0, 0.05) is 31.0 Å². The number of halogens is 3. The molecule has 0 saturated carbocycles. The van der Waals surface area contributed by atoms with Crippen molar-refractivity contribution in [2.75, 3.05) is 30.3 Å². The van der Waals surface area contributed by atoms with Crippen molar-refractivity contribution in [2.24, 2.45) is 0 Å². The van der Waals surface area contributed by atoms with Crippen LogP contribution in [0.4, 0.5) is 24.5 Å². The molecule has 0 aromatic heterocycles. The quantitative estimate of drug-likeness (QED) is 0.801. The van der Waals surface area contributed by atoms with Crippen LogP contribution in [0, 0.1) is 0 Å². The monoisotopic (exact) mass is 371 g/mol. The fraction of sp³-hybridized carbons (Fsp3) is 0.500. The van der Waals surface area contributed by atoms with Crippen molar-refractivity contribution in [2.45, 2.75) is 39.3 Å². The number of ether oxygens (including phenoxy) is 1. The number of fused-ring (bicyclic) bond motifs is 3. The number of hydrogen-bond acceptors (Lipinski definition) is 4. The van der Waals surface area contributed by atoms with E-state index < -0.39 is 12.1 Å². The highest BCUT2D eigenvalue weighted by Crippen LogP contribution is 2.38. The minimum Gasteiger partial charge on any atom is -0.485 e. The van der Waals surface area contributed by atoms with Crippen LogP contribution < -0.4 is 15.4 Å². The summed E-state index contributed by atoms with van der Waals surface area (Å²) in [5, 5.41) is 0. The van der Waals surface area contributed by atoms with Crippen molar-refractivity contribution in [3.63, 3.8) is 0 Å². The van der Waals surface area contributed by atoms with E-state index in [4.69, 9.17) is 10.5 Å². The van der Waals surface area contributed by atoms with E-state index in [1.165, 1.54) is 25.5 Å². The number of amides is 1. The molecule has 8 heteroatoms. The summed E-state index contributed by atoms with van der Waals surface area (Å²) in [7, 11) is 0. The minimum absolute atomic E-state index is 0.0361. The van der Waals surface area contributed by atoms with Gasteiger partial charge in [-0.05, 0) is 12.1 Å². The number of benzene rings is 1. The van der Waals surface area contributed by atoms with Gasteiger partial charge in [-0.2, -0.15) is 13.2 Å². The zero-order valence-corrected chi connectivity index (χ0v) is 15.0. The summed E-state index contributed by atoms with van der Waals surface area (Å²) in [6, 6.07) is 5.11. The zero-order chi connectivity index (χ0) is 19.3. The lowest BCUT2D eigenvalue weighted by atomic mass is 10.1. The molecule has 0 atom stereocenters. The van der Waals surface area contributed by atoms with Crippen LogP contribution in [0.1, 0.15) is 33.1 Å². The van der Waals surface area contributed by atoms with Crippen molar-refractivity contribution in [3.05, 3.63) is 30.1 Å². The first-order valence-corrected chi connectivity index (χ1v) is 8.66. The van der Waals surface area contributed by atoms with Crippen LogP contribution in [-0.2, 0) is 4.79 Å². The summed E-state index contributed by atoms with van der Waals surface area (Å²) in [4.78, 5) is 13.8. The number of hydrogen-bond donors (Lipinski definition) is 1. The Balaban J connectivity index is 0.000000431. The van der Waals surface area contributed by atoms with Gasteiger partial charge < -0.3 is 20.3 Å². The van der Waals surface area contributed by atoms with Gasteiger partial charge in [-0.15, -0.1) is 0 Å². The average molecular weight is 371 g/mol. The Labute approximate surface area is 151 Å². The Hall–Kier alpha value is -2.38. The molecule has 0 saturated heterocycles. The van der Waals surface area contributed by atoms with Gasteiger partial charge in [-0.25, -0.2) is 0 Å². The number of unbranched alkanes of at least 4 members (excludes halogenated alkanes) is 2. The molecule has 2 N–H and O–H groups in total. The molecule has 1 amide bonds. The van der Waals surface area contributed by atoms with Crippen molar-refractivity contribution in [1.82, 2.24) is 4.90 Å². The molecule has 144 valence electrons. The Morgan fingerprint density at radius 2 is 1.92 bits per heavy atom. The topological polar surface area (TPSA) is 58.8 Å². The first kappa shape index (κ1) is 19.9. The number of carbonyl (C=O) groups is 1. The highest BCUT2D eigenvalue weighted by molar-refractivity contribution is 5.83. The Bertz CT molecular complexity index is 672. The van der Waals surface area contributed by atoms with E-state index in [0.717, 1.165) is 5.69 Å². The largest absolute Gasteiger partial charge is 0.485 e. The maximum Gasteiger partial charge on any atom is 0.471 e. The van der Waals surface area contributed by atoms with Crippen LogP contribution in [0.25, 0.3) is 0 Å². The standard InChI is InChI=1S/C13H12F3N3O2.C5H12/c14-13(15,16)12(20)18-3-4-19-9(6-18)7-21-11-5-8(17)1-2-10(11)19;1-3-5-4-2/h1-2,5-6H,3-4,7,17H2;3-5H2,1-2H3. The van der Waals surface area contributed by atoms with E-state index in [0.29, 0.717) is 22.0 Å². The second-order valence-electron chi connectivity index (χ2n) is 6.14. The molecular formula is C18H24F3N3O2. The van der Waals surface area contributed by atoms with Crippen molar-refractivity contribution in [3.8, 4) is 5.75 Å². The molecule has 0 bridgehead atoms. The Morgan fingerprint density at radius 3 is 2.50 bits per heavy atom. The lowest BCUT2D eigenvalue weighted by molar-refractivity contribution is -0.182. The number of nitrogens with two attached hydrogens (primary N) is 1. The average Bonchev–Trinajstić information content (AvgIpc) is 2.60. The Morgan fingerprint density at radius 1 is 1.23 bits per heavy atom. The van der Waals surface area contributed by atoms with Gasteiger partial charge in [0.2, 0.25) is 0 Å². The van der Waals surface area contributed by atoms with Gasteiger partial charge in [-0.3, -0.25) is 4.79 Å². The summed E-state index contributed by atoms with van der Waals surface area (Å²) in [6.07, 6.45) is 0.396. The lowest BCUT2D eigenvalue weighted by Crippen LogP contribution is -2.47. The van der Waals surface area contributed by atoms with Gasteiger partial charge in [0.15, 0.2) is 0 Å². The summed E-state index contributed by atoms with van der Waals surface area (Å²) < 4.78 is 42.9. The van der Waals surface area contributed by atoms with Gasteiger partial charge in [0.1, 0.15) is 12.4 Å². The Kier molecular flexibility index (Phi) is 6.39. The third-order valence-electron chi connectivity index (χ3n) is 4.08. The fourth-order valence-electron chi connectivity index (χ4n) is 2.75. The predicted molar refractivity (Wildman–Crippen MR) is 94.7 cm³/mol. The van der Waals surface area contributed by atoms with Crippen molar-refractivity contribution >= 4 is 17.3 Å². The summed E-state index contributed by atoms with van der Waals surface area (Å²) in [5.41, 5.74) is 7.46. The highest BCUT2D eigenvalue weighted by atomic mass is 19.4. The fourth-order valence-corrected chi connectivity index (χ4v) is 2.75. The molecule has 2 heterocycles. The first-order chi connectivity index (χ1) is 12.3. The molecule has 0 aliphatic carbocycles. The molecule has 0 radical (unpaired) electrons. The van der Waals surface area contributed by atoms with Crippen LogP contribution in [0.2, 0.25) is 0 Å². The zero-order valence-electron chi connectivity index (χ0n) is 15.0. The SMILES string of the molecule is CCCCC.Nc1ccc2c(c1)OCC1=CN(C(=O)C(F)(F)F)CCN12. The molecule has 2 aliphatic heterocycles. The van der Waals surface area contributed by atoms with Crippen LogP contribution in [0.5, 0.6) is 5.75 Å². The van der Waals surface area contributed by atoms with Crippen LogP contribution in [0.15, 0.2) is 30.1 Å². The number of carbonyl (C=O) groups excluding carboxylic acids is 1. The second-order valence-corrected chi connectivity index (χ2v) is 6.14. The molecule has 2 aliphatic rings. The van der Waals surface area contributed by atoms with Gasteiger partial charge in [0.05, 0.1) is 11.4 Å². The van der Waals surface area contributed by atoms with Crippen LogP contribution in [-0.4, -0.2) is 36.7 Å². The summed E-state index contributed by atoms with van der Waals surface area (Å²) in [5.74, 6) is -1.28. The number of nitrogens with zero attached hydrogens (tertiary/aromatic N) is 2. The number of nitrogen functional groups attached to an aromatic ring is 1. The molecule has 0 unspecified atom stereocenters. The minimum atomic E-state index is -4.87. The third kappa shape index (κ3) is 4.62. The molecule has 1 aromatic carbocycles. The van der Waals surface area contributed by atoms with E-state index in [1.54, 1.807) is 18.2 Å². The van der Waals surface area contributed by atoms with Gasteiger partial charge in [-0.1, -0.05) is 33.1 Å². The third-order valence-corrected chi connectivity index (χ3v) is 4.08. The van der Waals surface area contributed by atoms with E-state index in [9.17, 15) is 18.0 Å². The van der Waals surface area contributed by atoms with Gasteiger partial charge >= 0.3 is 12.1 Å². The van der Waals surface area contributed by atoms with E-state index in [-0.39, 0.29) is 19.7 Å². The summed E-state index contributed by atoms with van der Waals surface area (Å²) >= 11 is 0. The highest BCUT2D eigenvalue weighted by Gasteiger charge is 2.43. The van der Waals surface area contributed by atoms with Crippen LogP contribution in [0.3, 0.4) is 0 Å². The molecule has 0 fully saturated rings. The normalized spacial score (nSPS) is 15.8. The van der Waals surface area contributed by atoms with E-state index >= 15 is 0 Å². The van der Waals surface area contributed by atoms with Crippen LogP contribution >= 0.6 is 0 Å². The van der Waals surface area contributed by atoms with Crippen molar-refractivity contribution in [1.29, 1.82) is 0 Å².